The third kappa shape index (κ3) is 9.15. The van der Waals surface area contributed by atoms with Crippen LogP contribution in [-0.4, -0.2) is 61.5 Å². The van der Waals surface area contributed by atoms with E-state index in [-0.39, 0.29) is 6.61 Å². The third-order valence-corrected chi connectivity index (χ3v) is 5.28. The van der Waals surface area contributed by atoms with Gasteiger partial charge in [-0.2, -0.15) is 0 Å². The molecule has 1 fully saturated rings. The Morgan fingerprint density at radius 3 is 2.83 bits per heavy atom. The molecule has 3 N–H and O–H groups in total. The number of nitrogens with one attached hydrogen (secondary N) is 2. The summed E-state index contributed by atoms with van der Waals surface area (Å²) in [5.41, 5.74) is 2.55. The lowest BCUT2D eigenvalue weighted by Gasteiger charge is -2.31. The van der Waals surface area contributed by atoms with E-state index in [1.807, 2.05) is 0 Å². The van der Waals surface area contributed by atoms with Crippen molar-refractivity contribution in [3.8, 4) is 0 Å². The molecule has 0 spiro atoms. The van der Waals surface area contributed by atoms with Crippen molar-refractivity contribution in [3.05, 3.63) is 35.4 Å². The van der Waals surface area contributed by atoms with Crippen LogP contribution in [0, 0.1) is 5.92 Å². The number of aliphatic hydroxyl groups excluding tert-OH is 1. The zero-order valence-electron chi connectivity index (χ0n) is 18.5. The minimum Gasteiger partial charge on any atom is -0.396 e. The average Bonchev–Trinajstić information content (AvgIpc) is 2.70. The average molecular weight is 405 g/mol. The van der Waals surface area contributed by atoms with Crippen LogP contribution < -0.4 is 10.6 Å². The first-order valence-corrected chi connectivity index (χ1v) is 11.2. The van der Waals surface area contributed by atoms with Crippen LogP contribution in [0.5, 0.6) is 0 Å². The van der Waals surface area contributed by atoms with Crippen molar-refractivity contribution in [2.24, 2.45) is 10.9 Å². The first-order valence-electron chi connectivity index (χ1n) is 11.2. The van der Waals surface area contributed by atoms with Crippen LogP contribution in [-0.2, 0) is 17.8 Å². The number of morpholine rings is 1. The van der Waals surface area contributed by atoms with Gasteiger partial charge in [0.15, 0.2) is 5.96 Å². The molecule has 1 aliphatic rings. The Morgan fingerprint density at radius 2 is 2.10 bits per heavy atom. The molecule has 1 saturated heterocycles. The smallest absolute Gasteiger partial charge is 0.191 e. The van der Waals surface area contributed by atoms with Crippen LogP contribution in [0.3, 0.4) is 0 Å². The van der Waals surface area contributed by atoms with Crippen molar-refractivity contribution in [2.75, 3.05) is 39.4 Å². The molecule has 1 aliphatic heterocycles. The Labute approximate surface area is 176 Å². The second kappa shape index (κ2) is 13.6. The molecule has 1 heterocycles. The van der Waals surface area contributed by atoms with E-state index in [9.17, 15) is 5.11 Å². The number of aliphatic hydroxyl groups is 1. The number of hydrogen-bond acceptors (Lipinski definition) is 4. The summed E-state index contributed by atoms with van der Waals surface area (Å²) in [6.45, 7) is 12.7. The summed E-state index contributed by atoms with van der Waals surface area (Å²) in [4.78, 5) is 7.23. The van der Waals surface area contributed by atoms with Crippen LogP contribution in [0.1, 0.15) is 51.2 Å². The fourth-order valence-electron chi connectivity index (χ4n) is 3.81. The minimum absolute atomic E-state index is 0.245. The van der Waals surface area contributed by atoms with Crippen molar-refractivity contribution < 1.29 is 9.84 Å². The van der Waals surface area contributed by atoms with Crippen LogP contribution in [0.2, 0.25) is 0 Å². The summed E-state index contributed by atoms with van der Waals surface area (Å²) in [5.74, 6) is 1.33. The van der Waals surface area contributed by atoms with Crippen molar-refractivity contribution >= 4 is 5.96 Å². The number of guanidine groups is 1. The van der Waals surface area contributed by atoms with E-state index in [1.54, 1.807) is 0 Å². The predicted molar refractivity (Wildman–Crippen MR) is 120 cm³/mol. The molecule has 0 amide bonds. The first-order chi connectivity index (χ1) is 14.1. The molecule has 164 valence electrons. The van der Waals surface area contributed by atoms with E-state index >= 15 is 0 Å². The summed E-state index contributed by atoms with van der Waals surface area (Å²) in [5, 5.41) is 16.0. The van der Waals surface area contributed by atoms with Gasteiger partial charge in [0.2, 0.25) is 0 Å². The highest BCUT2D eigenvalue weighted by molar-refractivity contribution is 5.79. The number of benzene rings is 1. The lowest BCUT2D eigenvalue weighted by Crippen LogP contribution is -2.40. The van der Waals surface area contributed by atoms with Gasteiger partial charge in [0.1, 0.15) is 0 Å². The topological polar surface area (TPSA) is 69.1 Å². The molecule has 0 radical (unpaired) electrons. The van der Waals surface area contributed by atoms with E-state index in [2.05, 4.69) is 60.6 Å². The quantitative estimate of drug-likeness (QED) is 0.391. The van der Waals surface area contributed by atoms with E-state index in [0.717, 1.165) is 64.6 Å². The Bertz CT molecular complexity index is 602. The number of rotatable bonds is 11. The molecule has 1 aromatic rings. The second-order valence-electron chi connectivity index (χ2n) is 7.98. The fraction of sp³-hybridized carbons (Fsp3) is 0.696. The molecule has 1 aromatic carbocycles. The van der Waals surface area contributed by atoms with E-state index in [4.69, 9.17) is 9.73 Å². The maximum Gasteiger partial charge on any atom is 0.191 e. The van der Waals surface area contributed by atoms with Crippen molar-refractivity contribution in [1.29, 1.82) is 0 Å². The van der Waals surface area contributed by atoms with Crippen LogP contribution >= 0.6 is 0 Å². The molecule has 0 bridgehead atoms. The Balaban J connectivity index is 1.92. The van der Waals surface area contributed by atoms with Crippen LogP contribution in [0.25, 0.3) is 0 Å². The molecule has 0 saturated carbocycles. The normalized spacial score (nSPS) is 19.2. The van der Waals surface area contributed by atoms with Gasteiger partial charge in [0, 0.05) is 39.3 Å². The van der Waals surface area contributed by atoms with E-state index < -0.39 is 0 Å². The monoisotopic (exact) mass is 404 g/mol. The Morgan fingerprint density at radius 1 is 1.28 bits per heavy atom. The molecule has 2 atom stereocenters. The maximum absolute atomic E-state index is 9.26. The molecule has 6 nitrogen and oxygen atoms in total. The summed E-state index contributed by atoms with van der Waals surface area (Å²) in [6, 6.07) is 8.73. The molecule has 2 rings (SSSR count). The molecule has 6 heteroatoms. The number of hydrogen-bond donors (Lipinski definition) is 3. The summed E-state index contributed by atoms with van der Waals surface area (Å²) < 4.78 is 5.64. The van der Waals surface area contributed by atoms with Crippen molar-refractivity contribution in [2.45, 2.75) is 59.2 Å². The largest absolute Gasteiger partial charge is 0.396 e. The molecular formula is C23H40N4O2. The molecule has 0 aliphatic carbocycles. The molecular weight excluding hydrogens is 364 g/mol. The highest BCUT2D eigenvalue weighted by Gasteiger charge is 2.16. The number of aliphatic imine (C=N–C) groups is 1. The van der Waals surface area contributed by atoms with Gasteiger partial charge in [-0.15, -0.1) is 0 Å². The zero-order chi connectivity index (χ0) is 20.9. The third-order valence-electron chi connectivity index (χ3n) is 5.28. The second-order valence-corrected chi connectivity index (χ2v) is 7.98. The van der Waals surface area contributed by atoms with Gasteiger partial charge >= 0.3 is 0 Å². The highest BCUT2D eigenvalue weighted by atomic mass is 16.5. The molecule has 0 aromatic heterocycles. The van der Waals surface area contributed by atoms with Gasteiger partial charge in [-0.3, -0.25) is 4.90 Å². The SMILES string of the molecule is CCCC(CCO)CNC(=NCc1cccc(CN2CCOC(C)C2)c1)NCC. The van der Waals surface area contributed by atoms with Gasteiger partial charge in [-0.1, -0.05) is 37.6 Å². The van der Waals surface area contributed by atoms with Gasteiger partial charge in [-0.05, 0) is 43.7 Å². The van der Waals surface area contributed by atoms with E-state index in [0.29, 0.717) is 18.6 Å². The highest BCUT2D eigenvalue weighted by Crippen LogP contribution is 2.13. The number of nitrogens with zero attached hydrogens (tertiary/aromatic N) is 2. The summed E-state index contributed by atoms with van der Waals surface area (Å²) in [7, 11) is 0. The van der Waals surface area contributed by atoms with E-state index in [1.165, 1.54) is 11.1 Å². The van der Waals surface area contributed by atoms with Crippen molar-refractivity contribution in [1.82, 2.24) is 15.5 Å². The van der Waals surface area contributed by atoms with Gasteiger partial charge in [-0.25, -0.2) is 4.99 Å². The molecule has 2 unspecified atom stereocenters. The summed E-state index contributed by atoms with van der Waals surface area (Å²) >= 11 is 0. The minimum atomic E-state index is 0.245. The number of ether oxygens (including phenoxy) is 1. The first kappa shape index (κ1) is 23.6. The van der Waals surface area contributed by atoms with Crippen LogP contribution in [0.4, 0.5) is 0 Å². The maximum atomic E-state index is 9.26. The Kier molecular flexibility index (Phi) is 11.1. The van der Waals surface area contributed by atoms with Gasteiger partial charge < -0.3 is 20.5 Å². The van der Waals surface area contributed by atoms with Crippen molar-refractivity contribution in [3.63, 3.8) is 0 Å². The summed E-state index contributed by atoms with van der Waals surface area (Å²) in [6.07, 6.45) is 3.40. The fourth-order valence-corrected chi connectivity index (χ4v) is 3.81. The zero-order valence-corrected chi connectivity index (χ0v) is 18.5. The lowest BCUT2D eigenvalue weighted by molar-refractivity contribution is -0.0212. The predicted octanol–water partition coefficient (Wildman–Crippen LogP) is 2.76. The van der Waals surface area contributed by atoms with Gasteiger partial charge in [0.25, 0.3) is 0 Å². The standard InChI is InChI=1S/C23H40N4O2/c1-4-7-20(10-12-28)15-25-23(24-5-2)26-16-21-8-6-9-22(14-21)18-27-11-13-29-19(3)17-27/h6,8-9,14,19-20,28H,4-5,7,10-13,15-18H2,1-3H3,(H2,24,25,26). The van der Waals surface area contributed by atoms with Gasteiger partial charge in [0.05, 0.1) is 19.3 Å². The molecule has 29 heavy (non-hydrogen) atoms. The lowest BCUT2D eigenvalue weighted by atomic mass is 10.0. The van der Waals surface area contributed by atoms with Crippen LogP contribution in [0.15, 0.2) is 29.3 Å². The Hall–Kier alpha value is -1.63.